The van der Waals surface area contributed by atoms with Gasteiger partial charge in [-0.15, -0.1) is 0 Å². The molecule has 5 heteroatoms. The summed E-state index contributed by atoms with van der Waals surface area (Å²) < 4.78 is 3.39. The normalized spacial score (nSPS) is 11.8. The number of aromatic nitrogens is 4. The highest BCUT2D eigenvalue weighted by Crippen LogP contribution is 2.24. The van der Waals surface area contributed by atoms with Crippen LogP contribution in [0.1, 0.15) is 51.3 Å². The van der Waals surface area contributed by atoms with E-state index in [0.29, 0.717) is 18.0 Å². The Kier molecular flexibility index (Phi) is 4.75. The molecule has 0 aliphatic heterocycles. The molecule has 2 aromatic heterocycles. The SMILES string of the molecule is Cc1ccccc1-n1ncc2c(C(C)C)nn(CCC(C)C)c(=O)c21. The van der Waals surface area contributed by atoms with Gasteiger partial charge in [-0.05, 0) is 36.8 Å². The Morgan fingerprint density at radius 1 is 1.12 bits per heavy atom. The van der Waals surface area contributed by atoms with Crippen LogP contribution in [0, 0.1) is 12.8 Å². The summed E-state index contributed by atoms with van der Waals surface area (Å²) in [5, 5.41) is 10.0. The van der Waals surface area contributed by atoms with Gasteiger partial charge in [-0.3, -0.25) is 4.79 Å². The van der Waals surface area contributed by atoms with E-state index in [1.54, 1.807) is 15.6 Å². The summed E-state index contributed by atoms with van der Waals surface area (Å²) in [6.07, 6.45) is 2.70. The fourth-order valence-electron chi connectivity index (χ4n) is 3.04. The maximum absolute atomic E-state index is 13.1. The molecule has 0 aliphatic rings. The van der Waals surface area contributed by atoms with E-state index in [2.05, 4.69) is 37.9 Å². The predicted molar refractivity (Wildman–Crippen MR) is 101 cm³/mol. The van der Waals surface area contributed by atoms with E-state index in [1.807, 2.05) is 31.2 Å². The van der Waals surface area contributed by atoms with E-state index >= 15 is 0 Å². The van der Waals surface area contributed by atoms with E-state index in [9.17, 15) is 4.79 Å². The minimum atomic E-state index is -0.0687. The molecule has 0 radical (unpaired) electrons. The number of hydrogen-bond acceptors (Lipinski definition) is 3. The standard InChI is InChI=1S/C20H26N4O/c1-13(2)10-11-23-20(25)19-16(18(22-23)14(3)4)12-21-24(19)17-9-7-6-8-15(17)5/h6-9,12-14H,10-11H2,1-5H3. The van der Waals surface area contributed by atoms with Crippen LogP contribution in [-0.4, -0.2) is 19.6 Å². The van der Waals surface area contributed by atoms with Gasteiger partial charge in [-0.1, -0.05) is 45.9 Å². The van der Waals surface area contributed by atoms with Crippen LogP contribution in [0.4, 0.5) is 0 Å². The number of aryl methyl sites for hydroxylation is 2. The lowest BCUT2D eigenvalue weighted by atomic mass is 10.1. The number of hydrogen-bond donors (Lipinski definition) is 0. The molecule has 0 atom stereocenters. The lowest BCUT2D eigenvalue weighted by molar-refractivity contribution is 0.467. The van der Waals surface area contributed by atoms with Gasteiger partial charge >= 0.3 is 0 Å². The third-order valence-electron chi connectivity index (χ3n) is 4.52. The van der Waals surface area contributed by atoms with E-state index in [0.717, 1.165) is 28.8 Å². The minimum Gasteiger partial charge on any atom is -0.265 e. The monoisotopic (exact) mass is 338 g/mol. The molecule has 25 heavy (non-hydrogen) atoms. The quantitative estimate of drug-likeness (QED) is 0.705. The summed E-state index contributed by atoms with van der Waals surface area (Å²) in [6, 6.07) is 7.99. The maximum atomic E-state index is 13.1. The van der Waals surface area contributed by atoms with Crippen LogP contribution in [0.15, 0.2) is 35.3 Å². The Morgan fingerprint density at radius 2 is 1.84 bits per heavy atom. The Bertz CT molecular complexity index is 950. The largest absolute Gasteiger partial charge is 0.293 e. The fraction of sp³-hybridized carbons (Fsp3) is 0.450. The summed E-state index contributed by atoms with van der Waals surface area (Å²) in [7, 11) is 0. The highest BCUT2D eigenvalue weighted by Gasteiger charge is 2.19. The van der Waals surface area contributed by atoms with Gasteiger partial charge < -0.3 is 0 Å². The van der Waals surface area contributed by atoms with Crippen LogP contribution in [0.3, 0.4) is 0 Å². The molecule has 0 saturated heterocycles. The molecule has 0 bridgehead atoms. The van der Waals surface area contributed by atoms with Crippen molar-refractivity contribution in [3.05, 3.63) is 52.1 Å². The number of fused-ring (bicyclic) bond motifs is 1. The molecular formula is C20H26N4O. The molecule has 0 N–H and O–H groups in total. The fourth-order valence-corrected chi connectivity index (χ4v) is 3.04. The van der Waals surface area contributed by atoms with Crippen molar-refractivity contribution in [2.75, 3.05) is 0 Å². The molecule has 0 spiro atoms. The average molecular weight is 338 g/mol. The number of nitrogens with zero attached hydrogens (tertiary/aromatic N) is 4. The zero-order chi connectivity index (χ0) is 18.1. The Labute approximate surface area is 148 Å². The first-order valence-corrected chi connectivity index (χ1v) is 8.95. The third-order valence-corrected chi connectivity index (χ3v) is 4.52. The van der Waals surface area contributed by atoms with Crippen molar-refractivity contribution >= 4 is 10.9 Å². The van der Waals surface area contributed by atoms with Crippen molar-refractivity contribution < 1.29 is 0 Å². The van der Waals surface area contributed by atoms with Crippen LogP contribution >= 0.6 is 0 Å². The maximum Gasteiger partial charge on any atom is 0.293 e. The van der Waals surface area contributed by atoms with Crippen molar-refractivity contribution in [3.8, 4) is 5.69 Å². The molecule has 0 aliphatic carbocycles. The molecule has 0 saturated carbocycles. The van der Waals surface area contributed by atoms with Gasteiger partial charge in [0.05, 0.1) is 17.6 Å². The van der Waals surface area contributed by atoms with Crippen LogP contribution in [0.25, 0.3) is 16.6 Å². The summed E-state index contributed by atoms with van der Waals surface area (Å²) in [5.74, 6) is 0.746. The van der Waals surface area contributed by atoms with Crippen LogP contribution in [0.5, 0.6) is 0 Å². The Hall–Kier alpha value is -2.43. The summed E-state index contributed by atoms with van der Waals surface area (Å²) in [4.78, 5) is 13.1. The predicted octanol–water partition coefficient (Wildman–Crippen LogP) is 4.06. The van der Waals surface area contributed by atoms with Crippen molar-refractivity contribution in [2.24, 2.45) is 5.92 Å². The minimum absolute atomic E-state index is 0.0687. The molecule has 1 aromatic carbocycles. The highest BCUT2D eigenvalue weighted by atomic mass is 16.1. The van der Waals surface area contributed by atoms with Gasteiger partial charge in [-0.2, -0.15) is 10.2 Å². The summed E-state index contributed by atoms with van der Waals surface area (Å²) in [5.41, 5.74) is 3.50. The molecule has 0 unspecified atom stereocenters. The zero-order valence-electron chi connectivity index (χ0n) is 15.7. The number of benzene rings is 1. The van der Waals surface area contributed by atoms with Gasteiger partial charge in [0, 0.05) is 11.9 Å². The van der Waals surface area contributed by atoms with Crippen molar-refractivity contribution in [2.45, 2.75) is 53.5 Å². The lowest BCUT2D eigenvalue weighted by Gasteiger charge is -2.13. The van der Waals surface area contributed by atoms with Crippen LogP contribution in [0.2, 0.25) is 0 Å². The third kappa shape index (κ3) is 3.23. The zero-order valence-corrected chi connectivity index (χ0v) is 15.7. The number of para-hydroxylation sites is 1. The van der Waals surface area contributed by atoms with Crippen molar-refractivity contribution in [3.63, 3.8) is 0 Å². The van der Waals surface area contributed by atoms with E-state index < -0.39 is 0 Å². The average Bonchev–Trinajstić information content (AvgIpc) is 2.99. The molecule has 0 amide bonds. The molecule has 0 fully saturated rings. The molecule has 5 nitrogen and oxygen atoms in total. The first-order chi connectivity index (χ1) is 11.9. The van der Waals surface area contributed by atoms with E-state index in [4.69, 9.17) is 0 Å². The highest BCUT2D eigenvalue weighted by molar-refractivity contribution is 5.82. The molecule has 3 rings (SSSR count). The summed E-state index contributed by atoms with van der Waals surface area (Å²) in [6.45, 7) is 11.2. The molecule has 2 heterocycles. The second-order valence-corrected chi connectivity index (χ2v) is 7.36. The van der Waals surface area contributed by atoms with Crippen LogP contribution in [-0.2, 0) is 6.54 Å². The topological polar surface area (TPSA) is 52.7 Å². The molecule has 132 valence electrons. The van der Waals surface area contributed by atoms with Gasteiger partial charge in [0.1, 0.15) is 5.52 Å². The lowest BCUT2D eigenvalue weighted by Crippen LogP contribution is -2.27. The van der Waals surface area contributed by atoms with E-state index in [1.165, 1.54) is 0 Å². The molecular weight excluding hydrogens is 312 g/mol. The second kappa shape index (κ2) is 6.82. The van der Waals surface area contributed by atoms with E-state index in [-0.39, 0.29) is 11.5 Å². The van der Waals surface area contributed by atoms with Crippen molar-refractivity contribution in [1.29, 1.82) is 0 Å². The molecule has 3 aromatic rings. The van der Waals surface area contributed by atoms with Gasteiger partial charge in [0.2, 0.25) is 0 Å². The Morgan fingerprint density at radius 3 is 2.48 bits per heavy atom. The first kappa shape index (κ1) is 17.4. The Balaban J connectivity index is 2.28. The number of rotatable bonds is 5. The smallest absolute Gasteiger partial charge is 0.265 e. The van der Waals surface area contributed by atoms with Crippen molar-refractivity contribution in [1.82, 2.24) is 19.6 Å². The first-order valence-electron chi connectivity index (χ1n) is 8.95. The summed E-state index contributed by atoms with van der Waals surface area (Å²) >= 11 is 0. The second-order valence-electron chi connectivity index (χ2n) is 7.36. The van der Waals surface area contributed by atoms with Gasteiger partial charge in [0.15, 0.2) is 0 Å². The van der Waals surface area contributed by atoms with Gasteiger partial charge in [0.25, 0.3) is 5.56 Å². The van der Waals surface area contributed by atoms with Crippen LogP contribution < -0.4 is 5.56 Å². The van der Waals surface area contributed by atoms with Gasteiger partial charge in [-0.25, -0.2) is 9.36 Å².